The maximum absolute atomic E-state index is 12.5. The van der Waals surface area contributed by atoms with E-state index in [-0.39, 0.29) is 5.91 Å². The molecule has 1 aromatic carbocycles. The van der Waals surface area contributed by atoms with Crippen LogP contribution in [-0.4, -0.2) is 57.7 Å². The number of amides is 1. The van der Waals surface area contributed by atoms with E-state index in [0.717, 1.165) is 63.1 Å². The van der Waals surface area contributed by atoms with Crippen molar-refractivity contribution >= 4 is 5.91 Å². The second-order valence-electron chi connectivity index (χ2n) is 7.12. The number of piperidine rings is 1. The average molecular weight is 341 g/mol. The number of carbonyl (C=O) groups is 1. The number of H-pyrrole nitrogens is 1. The van der Waals surface area contributed by atoms with E-state index >= 15 is 0 Å². The lowest BCUT2D eigenvalue weighted by molar-refractivity contribution is -0.133. The average Bonchev–Trinajstić information content (AvgIpc) is 3.33. The van der Waals surface area contributed by atoms with Crippen LogP contribution in [0.15, 0.2) is 24.3 Å². The Labute approximate surface area is 146 Å². The van der Waals surface area contributed by atoms with E-state index in [1.807, 2.05) is 29.2 Å². The van der Waals surface area contributed by atoms with Crippen molar-refractivity contribution in [2.24, 2.45) is 5.41 Å². The summed E-state index contributed by atoms with van der Waals surface area (Å²) in [6.07, 6.45) is 4.64. The van der Waals surface area contributed by atoms with Gasteiger partial charge in [0.25, 0.3) is 0 Å². The number of hydrogen-bond acceptors (Lipinski definition) is 5. The maximum Gasteiger partial charge on any atom is 0.222 e. The van der Waals surface area contributed by atoms with Crippen LogP contribution >= 0.6 is 0 Å². The molecule has 1 amide bonds. The van der Waals surface area contributed by atoms with E-state index in [1.54, 1.807) is 0 Å². The summed E-state index contributed by atoms with van der Waals surface area (Å²) in [4.78, 5) is 14.5. The summed E-state index contributed by atoms with van der Waals surface area (Å²) in [5.74, 6) is 0.844. The zero-order chi connectivity index (χ0) is 17.1. The van der Waals surface area contributed by atoms with Gasteiger partial charge in [-0.2, -0.15) is 5.21 Å². The first-order valence-electron chi connectivity index (χ1n) is 8.92. The van der Waals surface area contributed by atoms with Gasteiger partial charge < -0.3 is 9.64 Å². The minimum Gasteiger partial charge on any atom is -0.381 e. The molecule has 0 atom stereocenters. The Morgan fingerprint density at radius 1 is 1.20 bits per heavy atom. The molecule has 4 rings (SSSR count). The van der Waals surface area contributed by atoms with Crippen molar-refractivity contribution in [3.63, 3.8) is 0 Å². The van der Waals surface area contributed by atoms with Crippen LogP contribution in [0.3, 0.4) is 0 Å². The number of carbonyl (C=O) groups excluding carboxylic acids is 1. The fraction of sp³-hybridized carbons (Fsp3) is 0.556. The molecular weight excluding hydrogens is 318 g/mol. The molecule has 25 heavy (non-hydrogen) atoms. The topological polar surface area (TPSA) is 84.0 Å². The van der Waals surface area contributed by atoms with Crippen LogP contribution < -0.4 is 0 Å². The number of aromatic nitrogens is 4. The molecule has 1 spiro atoms. The third-order valence-corrected chi connectivity index (χ3v) is 5.55. The lowest BCUT2D eigenvalue weighted by Gasteiger charge is -2.38. The summed E-state index contributed by atoms with van der Waals surface area (Å²) in [6, 6.07) is 7.99. The fourth-order valence-corrected chi connectivity index (χ4v) is 3.79. The Morgan fingerprint density at radius 2 is 2.00 bits per heavy atom. The number of nitrogens with zero attached hydrogens (tertiary/aromatic N) is 4. The fourth-order valence-electron chi connectivity index (χ4n) is 3.79. The van der Waals surface area contributed by atoms with Gasteiger partial charge in [-0.1, -0.05) is 24.3 Å². The second kappa shape index (κ2) is 6.92. The molecule has 0 radical (unpaired) electrons. The minimum atomic E-state index is 0.260. The molecule has 7 nitrogen and oxygen atoms in total. The molecule has 2 saturated heterocycles. The Hall–Kier alpha value is -2.28. The van der Waals surface area contributed by atoms with Gasteiger partial charge >= 0.3 is 0 Å². The Morgan fingerprint density at radius 3 is 2.64 bits per heavy atom. The molecule has 3 heterocycles. The normalized spacial score (nSPS) is 19.4. The largest absolute Gasteiger partial charge is 0.381 e. The second-order valence-corrected chi connectivity index (χ2v) is 7.12. The van der Waals surface area contributed by atoms with Gasteiger partial charge in [0.2, 0.25) is 11.7 Å². The highest BCUT2D eigenvalue weighted by Gasteiger charge is 2.38. The van der Waals surface area contributed by atoms with Gasteiger partial charge in [-0.15, -0.1) is 10.2 Å². The highest BCUT2D eigenvalue weighted by molar-refractivity contribution is 5.76. The van der Waals surface area contributed by atoms with E-state index in [2.05, 4.69) is 20.6 Å². The van der Waals surface area contributed by atoms with Gasteiger partial charge in [0, 0.05) is 31.7 Å². The summed E-state index contributed by atoms with van der Waals surface area (Å²) in [6.45, 7) is 3.51. The molecule has 0 saturated carbocycles. The standard InChI is InChI=1S/C18H23N5O2/c24-16(23-10-7-18(8-11-23)9-12-25-13-18)6-3-14-1-4-15(5-2-14)17-19-21-22-20-17/h1-2,4-5H,3,6-13H2,(H,19,20,21,22). The Kier molecular flexibility index (Phi) is 4.48. The molecule has 7 heteroatoms. The Bertz CT molecular complexity index is 698. The molecule has 2 aliphatic heterocycles. The van der Waals surface area contributed by atoms with Gasteiger partial charge in [-0.25, -0.2) is 0 Å². The van der Waals surface area contributed by atoms with E-state index in [4.69, 9.17) is 4.74 Å². The predicted octanol–water partition coefficient (Wildman–Crippen LogP) is 1.83. The van der Waals surface area contributed by atoms with Gasteiger partial charge in [0.15, 0.2) is 0 Å². The summed E-state index contributed by atoms with van der Waals surface area (Å²) in [5, 5.41) is 13.9. The molecule has 2 fully saturated rings. The molecule has 1 N–H and O–H groups in total. The molecule has 0 unspecified atom stereocenters. The third-order valence-electron chi connectivity index (χ3n) is 5.55. The monoisotopic (exact) mass is 341 g/mol. The van der Waals surface area contributed by atoms with Gasteiger partial charge in [-0.3, -0.25) is 4.79 Å². The SMILES string of the molecule is O=C(CCc1ccc(-c2nn[nH]n2)cc1)N1CCC2(CCOC2)CC1. The van der Waals surface area contributed by atoms with Crippen molar-refractivity contribution in [2.75, 3.05) is 26.3 Å². The van der Waals surface area contributed by atoms with Crippen molar-refractivity contribution in [3.8, 4) is 11.4 Å². The van der Waals surface area contributed by atoms with Crippen molar-refractivity contribution in [2.45, 2.75) is 32.1 Å². The number of nitrogens with one attached hydrogen (secondary N) is 1. The lowest BCUT2D eigenvalue weighted by atomic mass is 9.78. The molecular formula is C18H23N5O2. The molecule has 0 aliphatic carbocycles. The zero-order valence-corrected chi connectivity index (χ0v) is 14.3. The van der Waals surface area contributed by atoms with Crippen molar-refractivity contribution in [1.82, 2.24) is 25.5 Å². The number of benzene rings is 1. The predicted molar refractivity (Wildman–Crippen MR) is 91.6 cm³/mol. The van der Waals surface area contributed by atoms with Crippen LogP contribution in [0.5, 0.6) is 0 Å². The van der Waals surface area contributed by atoms with Crippen LogP contribution in [0.1, 0.15) is 31.2 Å². The van der Waals surface area contributed by atoms with E-state index in [9.17, 15) is 4.79 Å². The van der Waals surface area contributed by atoms with E-state index in [0.29, 0.717) is 17.7 Å². The number of ether oxygens (including phenoxy) is 1. The van der Waals surface area contributed by atoms with Crippen LogP contribution in [0.4, 0.5) is 0 Å². The molecule has 0 bridgehead atoms. The smallest absolute Gasteiger partial charge is 0.222 e. The van der Waals surface area contributed by atoms with Crippen LogP contribution in [-0.2, 0) is 16.0 Å². The van der Waals surface area contributed by atoms with E-state index < -0.39 is 0 Å². The van der Waals surface area contributed by atoms with Crippen LogP contribution in [0, 0.1) is 5.41 Å². The summed E-state index contributed by atoms with van der Waals surface area (Å²) in [5.41, 5.74) is 2.42. The number of hydrogen-bond donors (Lipinski definition) is 1. The van der Waals surface area contributed by atoms with E-state index in [1.165, 1.54) is 0 Å². The first kappa shape index (κ1) is 16.2. The molecule has 2 aliphatic rings. The first-order valence-corrected chi connectivity index (χ1v) is 8.92. The van der Waals surface area contributed by atoms with Crippen molar-refractivity contribution < 1.29 is 9.53 Å². The molecule has 2 aromatic rings. The highest BCUT2D eigenvalue weighted by atomic mass is 16.5. The summed E-state index contributed by atoms with van der Waals surface area (Å²) in [7, 11) is 0. The molecule has 1 aromatic heterocycles. The van der Waals surface area contributed by atoms with Crippen molar-refractivity contribution in [3.05, 3.63) is 29.8 Å². The van der Waals surface area contributed by atoms with Gasteiger partial charge in [0.05, 0.1) is 6.61 Å². The number of tetrazole rings is 1. The van der Waals surface area contributed by atoms with Crippen molar-refractivity contribution in [1.29, 1.82) is 0 Å². The highest BCUT2D eigenvalue weighted by Crippen LogP contribution is 2.39. The lowest BCUT2D eigenvalue weighted by Crippen LogP contribution is -2.43. The number of rotatable bonds is 4. The summed E-state index contributed by atoms with van der Waals surface area (Å²) < 4.78 is 5.56. The zero-order valence-electron chi connectivity index (χ0n) is 14.3. The maximum atomic E-state index is 12.5. The number of likely N-dealkylation sites (tertiary alicyclic amines) is 1. The minimum absolute atomic E-state index is 0.260. The quantitative estimate of drug-likeness (QED) is 0.917. The van der Waals surface area contributed by atoms with Crippen LogP contribution in [0.2, 0.25) is 0 Å². The van der Waals surface area contributed by atoms with Gasteiger partial charge in [-0.05, 0) is 41.9 Å². The number of aryl methyl sites for hydroxylation is 1. The molecule has 132 valence electrons. The van der Waals surface area contributed by atoms with Gasteiger partial charge in [0.1, 0.15) is 0 Å². The Balaban J connectivity index is 1.27. The number of aromatic amines is 1. The van der Waals surface area contributed by atoms with Crippen LogP contribution in [0.25, 0.3) is 11.4 Å². The first-order chi connectivity index (χ1) is 12.2. The summed E-state index contributed by atoms with van der Waals surface area (Å²) >= 11 is 0. The third kappa shape index (κ3) is 3.56.